The Balaban J connectivity index is 1.91. The topological polar surface area (TPSA) is 29.9 Å². The fraction of sp³-hybridized carbons (Fsp3) is 0.812. The Morgan fingerprint density at radius 3 is 2.79 bits per heavy atom. The Bertz CT molecular complexity index is 353. The Labute approximate surface area is 117 Å². The number of hydrogen-bond donors (Lipinski definition) is 1. The van der Waals surface area contributed by atoms with E-state index < -0.39 is 0 Å². The molecule has 1 aromatic heterocycles. The summed E-state index contributed by atoms with van der Waals surface area (Å²) in [4.78, 5) is 4.53. The Morgan fingerprint density at radius 1 is 1.32 bits per heavy atom. The minimum atomic E-state index is 0.598. The Hall–Kier alpha value is -0.830. The first-order valence-electron chi connectivity index (χ1n) is 8.06. The molecule has 0 spiro atoms. The highest BCUT2D eigenvalue weighted by atomic mass is 15.1. The van der Waals surface area contributed by atoms with Crippen molar-refractivity contribution in [2.45, 2.75) is 71.4 Å². The molecule has 0 aromatic carbocycles. The lowest BCUT2D eigenvalue weighted by molar-refractivity contribution is 0.296. The maximum Gasteiger partial charge on any atom is 0.110 e. The number of nitrogens with one attached hydrogen (secondary N) is 1. The molecular weight excluding hydrogens is 234 g/mol. The largest absolute Gasteiger partial charge is 0.335 e. The van der Waals surface area contributed by atoms with Crippen LogP contribution in [0.3, 0.4) is 0 Å². The SMILES string of the molecule is CCNC(Cc1nccn1CC)CC1CCCCC1. The summed E-state index contributed by atoms with van der Waals surface area (Å²) in [6.45, 7) is 6.48. The van der Waals surface area contributed by atoms with Crippen LogP contribution in [0.4, 0.5) is 0 Å². The van der Waals surface area contributed by atoms with Crippen molar-refractivity contribution < 1.29 is 0 Å². The van der Waals surface area contributed by atoms with Gasteiger partial charge in [-0.15, -0.1) is 0 Å². The van der Waals surface area contributed by atoms with E-state index in [9.17, 15) is 0 Å². The third kappa shape index (κ3) is 4.34. The zero-order valence-electron chi connectivity index (χ0n) is 12.6. The predicted molar refractivity (Wildman–Crippen MR) is 80.3 cm³/mol. The lowest BCUT2D eigenvalue weighted by Gasteiger charge is -2.27. The molecular formula is C16H29N3. The molecule has 19 heavy (non-hydrogen) atoms. The minimum absolute atomic E-state index is 0.598. The van der Waals surface area contributed by atoms with Gasteiger partial charge in [0.15, 0.2) is 0 Å². The van der Waals surface area contributed by atoms with E-state index >= 15 is 0 Å². The zero-order chi connectivity index (χ0) is 13.5. The standard InChI is InChI=1S/C16H29N3/c1-3-17-15(12-14-8-6-5-7-9-14)13-16-18-10-11-19(16)4-2/h10-11,14-15,17H,3-9,12-13H2,1-2H3. The average Bonchev–Trinajstić information content (AvgIpc) is 2.87. The van der Waals surface area contributed by atoms with Gasteiger partial charge in [0.25, 0.3) is 0 Å². The normalized spacial score (nSPS) is 18.6. The van der Waals surface area contributed by atoms with Gasteiger partial charge in [0.05, 0.1) is 0 Å². The molecule has 2 rings (SSSR count). The molecule has 1 fully saturated rings. The van der Waals surface area contributed by atoms with Gasteiger partial charge in [-0.1, -0.05) is 39.0 Å². The second-order valence-electron chi connectivity index (χ2n) is 5.83. The average molecular weight is 263 g/mol. The van der Waals surface area contributed by atoms with E-state index in [1.54, 1.807) is 0 Å². The molecule has 1 aliphatic carbocycles. The van der Waals surface area contributed by atoms with Gasteiger partial charge >= 0.3 is 0 Å². The van der Waals surface area contributed by atoms with Crippen molar-refractivity contribution in [3.63, 3.8) is 0 Å². The number of hydrogen-bond acceptors (Lipinski definition) is 2. The summed E-state index contributed by atoms with van der Waals surface area (Å²) in [5, 5.41) is 3.67. The molecule has 1 unspecified atom stereocenters. The predicted octanol–water partition coefficient (Wildman–Crippen LogP) is 3.39. The molecule has 1 N–H and O–H groups in total. The summed E-state index contributed by atoms with van der Waals surface area (Å²) in [7, 11) is 0. The van der Waals surface area contributed by atoms with Crippen molar-refractivity contribution >= 4 is 0 Å². The first-order chi connectivity index (χ1) is 9.33. The van der Waals surface area contributed by atoms with Crippen LogP contribution in [0.1, 0.15) is 58.2 Å². The van der Waals surface area contributed by atoms with E-state index in [4.69, 9.17) is 0 Å². The highest BCUT2D eigenvalue weighted by Gasteiger charge is 2.19. The van der Waals surface area contributed by atoms with Crippen LogP contribution in [0.25, 0.3) is 0 Å². The van der Waals surface area contributed by atoms with E-state index in [1.807, 2.05) is 6.20 Å². The molecule has 1 aromatic rings. The second kappa shape index (κ2) is 7.68. The van der Waals surface area contributed by atoms with Gasteiger partial charge in [0, 0.05) is 31.4 Å². The third-order valence-corrected chi connectivity index (χ3v) is 4.41. The van der Waals surface area contributed by atoms with Crippen molar-refractivity contribution in [3.05, 3.63) is 18.2 Å². The number of imidazole rings is 1. The first kappa shape index (κ1) is 14.6. The molecule has 108 valence electrons. The highest BCUT2D eigenvalue weighted by molar-refractivity contribution is 4.96. The van der Waals surface area contributed by atoms with Crippen LogP contribution in [0.15, 0.2) is 12.4 Å². The Morgan fingerprint density at radius 2 is 2.11 bits per heavy atom. The van der Waals surface area contributed by atoms with Crippen molar-refractivity contribution in [3.8, 4) is 0 Å². The fourth-order valence-electron chi connectivity index (χ4n) is 3.39. The van der Waals surface area contributed by atoms with Crippen molar-refractivity contribution in [2.24, 2.45) is 5.92 Å². The first-order valence-corrected chi connectivity index (χ1v) is 8.06. The summed E-state index contributed by atoms with van der Waals surface area (Å²) in [5.74, 6) is 2.17. The number of aromatic nitrogens is 2. The highest BCUT2D eigenvalue weighted by Crippen LogP contribution is 2.28. The van der Waals surface area contributed by atoms with Crippen LogP contribution < -0.4 is 5.32 Å². The summed E-state index contributed by atoms with van der Waals surface area (Å²) in [6, 6.07) is 0.598. The maximum absolute atomic E-state index is 4.53. The monoisotopic (exact) mass is 263 g/mol. The zero-order valence-corrected chi connectivity index (χ0v) is 12.6. The van der Waals surface area contributed by atoms with E-state index in [1.165, 1.54) is 44.3 Å². The van der Waals surface area contributed by atoms with E-state index in [2.05, 4.69) is 34.9 Å². The minimum Gasteiger partial charge on any atom is -0.335 e. The van der Waals surface area contributed by atoms with Gasteiger partial charge in [0.2, 0.25) is 0 Å². The summed E-state index contributed by atoms with van der Waals surface area (Å²) in [6.07, 6.45) is 13.6. The van der Waals surface area contributed by atoms with Crippen LogP contribution in [-0.2, 0) is 13.0 Å². The molecule has 1 saturated carbocycles. The van der Waals surface area contributed by atoms with E-state index in [0.29, 0.717) is 6.04 Å². The number of likely N-dealkylation sites (N-methyl/N-ethyl adjacent to an activating group) is 1. The van der Waals surface area contributed by atoms with Gasteiger partial charge in [-0.25, -0.2) is 4.98 Å². The van der Waals surface area contributed by atoms with Crippen LogP contribution in [0.5, 0.6) is 0 Å². The molecule has 1 heterocycles. The molecule has 0 saturated heterocycles. The molecule has 0 bridgehead atoms. The van der Waals surface area contributed by atoms with Gasteiger partial charge in [-0.05, 0) is 25.8 Å². The molecule has 3 nitrogen and oxygen atoms in total. The molecule has 0 radical (unpaired) electrons. The van der Waals surface area contributed by atoms with Crippen LogP contribution >= 0.6 is 0 Å². The number of nitrogens with zero attached hydrogens (tertiary/aromatic N) is 2. The third-order valence-electron chi connectivity index (χ3n) is 4.41. The summed E-state index contributed by atoms with van der Waals surface area (Å²) in [5.41, 5.74) is 0. The lowest BCUT2D eigenvalue weighted by atomic mass is 9.84. The molecule has 1 atom stereocenters. The summed E-state index contributed by atoms with van der Waals surface area (Å²) < 4.78 is 2.27. The second-order valence-corrected chi connectivity index (χ2v) is 5.83. The smallest absolute Gasteiger partial charge is 0.110 e. The van der Waals surface area contributed by atoms with Gasteiger partial charge in [0.1, 0.15) is 5.82 Å². The number of rotatable bonds is 7. The van der Waals surface area contributed by atoms with Gasteiger partial charge in [-0.2, -0.15) is 0 Å². The number of aryl methyl sites for hydroxylation is 1. The summed E-state index contributed by atoms with van der Waals surface area (Å²) >= 11 is 0. The lowest BCUT2D eigenvalue weighted by Crippen LogP contribution is -2.34. The van der Waals surface area contributed by atoms with Crippen LogP contribution in [-0.4, -0.2) is 22.1 Å². The van der Waals surface area contributed by atoms with Crippen molar-refractivity contribution in [1.82, 2.24) is 14.9 Å². The van der Waals surface area contributed by atoms with E-state index in [0.717, 1.165) is 25.4 Å². The van der Waals surface area contributed by atoms with E-state index in [-0.39, 0.29) is 0 Å². The van der Waals surface area contributed by atoms with Crippen LogP contribution in [0, 0.1) is 5.92 Å². The molecule has 0 aliphatic heterocycles. The molecule has 0 amide bonds. The quantitative estimate of drug-likeness (QED) is 0.817. The van der Waals surface area contributed by atoms with Crippen molar-refractivity contribution in [1.29, 1.82) is 0 Å². The maximum atomic E-state index is 4.53. The molecule has 1 aliphatic rings. The van der Waals surface area contributed by atoms with Crippen LogP contribution in [0.2, 0.25) is 0 Å². The fourth-order valence-corrected chi connectivity index (χ4v) is 3.39. The Kier molecular flexibility index (Phi) is 5.90. The van der Waals surface area contributed by atoms with Gasteiger partial charge < -0.3 is 9.88 Å². The van der Waals surface area contributed by atoms with Gasteiger partial charge in [-0.3, -0.25) is 0 Å². The van der Waals surface area contributed by atoms with Crippen molar-refractivity contribution in [2.75, 3.05) is 6.54 Å². The molecule has 3 heteroatoms.